The second-order valence-electron chi connectivity index (χ2n) is 6.24. The molecular formula is C18H26N4. The van der Waals surface area contributed by atoms with E-state index in [2.05, 4.69) is 66.5 Å². The molecule has 0 aliphatic heterocycles. The molecule has 0 amide bonds. The summed E-state index contributed by atoms with van der Waals surface area (Å²) in [4.78, 5) is 8.93. The van der Waals surface area contributed by atoms with Gasteiger partial charge in [0.25, 0.3) is 0 Å². The molecule has 2 aromatic rings. The van der Waals surface area contributed by atoms with E-state index in [-0.39, 0.29) is 0 Å². The smallest absolute Gasteiger partial charge is 0.136 e. The van der Waals surface area contributed by atoms with Gasteiger partial charge in [-0.15, -0.1) is 0 Å². The van der Waals surface area contributed by atoms with Gasteiger partial charge in [0.15, 0.2) is 0 Å². The molecule has 0 saturated heterocycles. The summed E-state index contributed by atoms with van der Waals surface area (Å²) in [5.74, 6) is 3.15. The first-order valence-electron chi connectivity index (χ1n) is 7.88. The first-order valence-corrected chi connectivity index (χ1v) is 7.88. The number of hydrogen-bond donors (Lipinski definition) is 2. The first-order chi connectivity index (χ1) is 10.4. The Kier molecular flexibility index (Phi) is 5.36. The molecule has 118 valence electrons. The Labute approximate surface area is 133 Å². The van der Waals surface area contributed by atoms with Gasteiger partial charge in [0.05, 0.1) is 0 Å². The largest absolute Gasteiger partial charge is 0.370 e. The summed E-state index contributed by atoms with van der Waals surface area (Å²) in [5, 5.41) is 6.78. The van der Waals surface area contributed by atoms with E-state index in [1.807, 2.05) is 13.0 Å². The van der Waals surface area contributed by atoms with Crippen LogP contribution in [-0.2, 0) is 0 Å². The summed E-state index contributed by atoms with van der Waals surface area (Å²) in [6.45, 7) is 11.5. The fraction of sp³-hybridized carbons (Fsp3) is 0.444. The Morgan fingerprint density at radius 2 is 1.73 bits per heavy atom. The number of nitrogens with zero attached hydrogens (tertiary/aromatic N) is 2. The zero-order valence-electron chi connectivity index (χ0n) is 14.2. The Morgan fingerprint density at radius 3 is 2.45 bits per heavy atom. The van der Waals surface area contributed by atoms with Crippen molar-refractivity contribution >= 4 is 17.3 Å². The van der Waals surface area contributed by atoms with Crippen LogP contribution in [0.25, 0.3) is 0 Å². The normalized spacial score (nSPS) is 10.8. The van der Waals surface area contributed by atoms with Crippen LogP contribution in [0.5, 0.6) is 0 Å². The van der Waals surface area contributed by atoms with Crippen molar-refractivity contribution in [2.24, 2.45) is 5.92 Å². The zero-order valence-corrected chi connectivity index (χ0v) is 14.2. The Balaban J connectivity index is 2.13. The molecule has 0 atom stereocenters. The fourth-order valence-electron chi connectivity index (χ4n) is 2.22. The third-order valence-electron chi connectivity index (χ3n) is 3.52. The molecule has 0 spiro atoms. The maximum absolute atomic E-state index is 4.48. The summed E-state index contributed by atoms with van der Waals surface area (Å²) >= 11 is 0. The molecule has 1 aromatic heterocycles. The molecule has 4 heteroatoms. The van der Waals surface area contributed by atoms with Crippen LogP contribution < -0.4 is 10.6 Å². The van der Waals surface area contributed by atoms with Crippen LogP contribution >= 0.6 is 0 Å². The van der Waals surface area contributed by atoms with Crippen LogP contribution in [0, 0.1) is 26.7 Å². The molecule has 22 heavy (non-hydrogen) atoms. The first kappa shape index (κ1) is 16.3. The third kappa shape index (κ3) is 4.72. The lowest BCUT2D eigenvalue weighted by Crippen LogP contribution is -2.08. The van der Waals surface area contributed by atoms with Gasteiger partial charge in [-0.25, -0.2) is 9.97 Å². The molecule has 0 bridgehead atoms. The van der Waals surface area contributed by atoms with Gasteiger partial charge in [-0.1, -0.05) is 26.0 Å². The minimum atomic E-state index is 0.683. The van der Waals surface area contributed by atoms with Gasteiger partial charge in [-0.3, -0.25) is 0 Å². The van der Waals surface area contributed by atoms with Gasteiger partial charge < -0.3 is 10.6 Å². The molecule has 0 fully saturated rings. The van der Waals surface area contributed by atoms with Gasteiger partial charge in [-0.2, -0.15) is 0 Å². The summed E-state index contributed by atoms with van der Waals surface area (Å²) in [5.41, 5.74) is 3.52. The van der Waals surface area contributed by atoms with Crippen molar-refractivity contribution in [3.8, 4) is 0 Å². The van der Waals surface area contributed by atoms with Crippen LogP contribution in [0.15, 0.2) is 24.3 Å². The molecule has 4 nitrogen and oxygen atoms in total. The maximum atomic E-state index is 4.48. The van der Waals surface area contributed by atoms with E-state index in [0.717, 1.165) is 36.1 Å². The van der Waals surface area contributed by atoms with E-state index in [0.29, 0.717) is 5.92 Å². The highest BCUT2D eigenvalue weighted by Gasteiger charge is 2.05. The summed E-state index contributed by atoms with van der Waals surface area (Å²) < 4.78 is 0. The predicted octanol–water partition coefficient (Wildman–Crippen LogP) is 4.60. The Hall–Kier alpha value is -2.10. The monoisotopic (exact) mass is 298 g/mol. The number of aromatic nitrogens is 2. The van der Waals surface area contributed by atoms with E-state index in [1.165, 1.54) is 11.1 Å². The second kappa shape index (κ2) is 7.25. The molecule has 0 unspecified atom stereocenters. The van der Waals surface area contributed by atoms with Gasteiger partial charge in [0.2, 0.25) is 0 Å². The molecule has 0 saturated carbocycles. The van der Waals surface area contributed by atoms with E-state index in [1.54, 1.807) is 0 Å². The molecule has 0 radical (unpaired) electrons. The molecule has 2 rings (SSSR count). The molecule has 0 aliphatic rings. The summed E-state index contributed by atoms with van der Waals surface area (Å²) in [6, 6.07) is 8.34. The minimum Gasteiger partial charge on any atom is -0.370 e. The second-order valence-corrected chi connectivity index (χ2v) is 6.24. The fourth-order valence-corrected chi connectivity index (χ4v) is 2.22. The van der Waals surface area contributed by atoms with Gasteiger partial charge in [-0.05, 0) is 50.3 Å². The average Bonchev–Trinajstić information content (AvgIpc) is 2.42. The highest BCUT2D eigenvalue weighted by Crippen LogP contribution is 2.22. The van der Waals surface area contributed by atoms with Gasteiger partial charge >= 0.3 is 0 Å². The van der Waals surface area contributed by atoms with Gasteiger partial charge in [0, 0.05) is 18.3 Å². The SMILES string of the molecule is Cc1ccc(C)c(Nc2cc(NCCC(C)C)nc(C)n2)c1. The zero-order chi connectivity index (χ0) is 16.1. The lowest BCUT2D eigenvalue weighted by Gasteiger charge is -2.13. The van der Waals surface area contributed by atoms with Crippen LogP contribution in [0.1, 0.15) is 37.2 Å². The quantitative estimate of drug-likeness (QED) is 0.818. The van der Waals surface area contributed by atoms with Gasteiger partial charge in [0.1, 0.15) is 17.5 Å². The van der Waals surface area contributed by atoms with Crippen molar-refractivity contribution in [2.45, 2.75) is 41.0 Å². The maximum Gasteiger partial charge on any atom is 0.136 e. The number of anilines is 3. The Morgan fingerprint density at radius 1 is 1.00 bits per heavy atom. The van der Waals surface area contributed by atoms with Crippen LogP contribution in [0.4, 0.5) is 17.3 Å². The standard InChI is InChI=1S/C18H26N4/c1-12(2)8-9-19-17-11-18(21-15(5)20-17)22-16-10-13(3)6-7-14(16)4/h6-7,10-12H,8-9H2,1-5H3,(H2,19,20,21,22). The molecular weight excluding hydrogens is 272 g/mol. The molecule has 2 N–H and O–H groups in total. The van der Waals surface area contributed by atoms with Crippen molar-refractivity contribution in [3.63, 3.8) is 0 Å². The number of aryl methyl sites for hydroxylation is 3. The van der Waals surface area contributed by atoms with Crippen molar-refractivity contribution in [1.82, 2.24) is 9.97 Å². The molecule has 1 heterocycles. The average molecular weight is 298 g/mol. The molecule has 1 aromatic carbocycles. The van der Waals surface area contributed by atoms with Crippen LogP contribution in [-0.4, -0.2) is 16.5 Å². The highest BCUT2D eigenvalue weighted by molar-refractivity contribution is 5.63. The summed E-state index contributed by atoms with van der Waals surface area (Å²) in [7, 11) is 0. The minimum absolute atomic E-state index is 0.683. The Bertz CT molecular complexity index is 635. The lowest BCUT2D eigenvalue weighted by molar-refractivity contribution is 0.606. The number of rotatable bonds is 6. The highest BCUT2D eigenvalue weighted by atomic mass is 15.1. The van der Waals surface area contributed by atoms with Crippen molar-refractivity contribution < 1.29 is 0 Å². The number of hydrogen-bond acceptors (Lipinski definition) is 4. The predicted molar refractivity (Wildman–Crippen MR) is 93.9 cm³/mol. The number of nitrogens with one attached hydrogen (secondary N) is 2. The van der Waals surface area contributed by atoms with Crippen LogP contribution in [0.2, 0.25) is 0 Å². The lowest BCUT2D eigenvalue weighted by atomic mass is 10.1. The summed E-state index contributed by atoms with van der Waals surface area (Å²) in [6.07, 6.45) is 1.13. The van der Waals surface area contributed by atoms with E-state index in [4.69, 9.17) is 0 Å². The number of benzene rings is 1. The van der Waals surface area contributed by atoms with E-state index in [9.17, 15) is 0 Å². The topological polar surface area (TPSA) is 49.8 Å². The van der Waals surface area contributed by atoms with Crippen molar-refractivity contribution in [2.75, 3.05) is 17.2 Å². The van der Waals surface area contributed by atoms with Crippen molar-refractivity contribution in [3.05, 3.63) is 41.2 Å². The van der Waals surface area contributed by atoms with E-state index >= 15 is 0 Å². The van der Waals surface area contributed by atoms with Crippen LogP contribution in [0.3, 0.4) is 0 Å². The van der Waals surface area contributed by atoms with Crippen molar-refractivity contribution in [1.29, 1.82) is 0 Å². The molecule has 0 aliphatic carbocycles. The third-order valence-corrected chi connectivity index (χ3v) is 3.52. The van der Waals surface area contributed by atoms with E-state index < -0.39 is 0 Å².